The Morgan fingerprint density at radius 3 is 2.63 bits per heavy atom. The summed E-state index contributed by atoms with van der Waals surface area (Å²) in [4.78, 5) is 13.6. The Balaban J connectivity index is 1.53. The van der Waals surface area contributed by atoms with Gasteiger partial charge < -0.3 is 10.4 Å². The summed E-state index contributed by atoms with van der Waals surface area (Å²) in [6.45, 7) is 1.01. The zero-order valence-electron chi connectivity index (χ0n) is 15.4. The van der Waals surface area contributed by atoms with Crippen LogP contribution in [0.2, 0.25) is 0 Å². The van der Waals surface area contributed by atoms with E-state index in [1.54, 1.807) is 12.4 Å². The van der Waals surface area contributed by atoms with Crippen molar-refractivity contribution >= 4 is 26.9 Å². The SMILES string of the molecule is CS(=O)(=O)N1CCC(Nc2ncc3ccnc([C@H]4CCC[C@@H]4O)c3n2)CC1. The monoisotopic (exact) mass is 391 g/mol. The first kappa shape index (κ1) is 18.5. The lowest BCUT2D eigenvalue weighted by Gasteiger charge is -2.30. The third-order valence-corrected chi connectivity index (χ3v) is 6.92. The second kappa shape index (κ2) is 7.29. The summed E-state index contributed by atoms with van der Waals surface area (Å²) < 4.78 is 24.8. The van der Waals surface area contributed by atoms with E-state index < -0.39 is 10.0 Å². The van der Waals surface area contributed by atoms with Gasteiger partial charge in [-0.2, -0.15) is 0 Å². The molecule has 0 spiro atoms. The maximum absolute atomic E-state index is 11.6. The van der Waals surface area contributed by atoms with E-state index in [-0.39, 0.29) is 18.1 Å². The highest BCUT2D eigenvalue weighted by molar-refractivity contribution is 7.88. The molecule has 2 aromatic heterocycles. The van der Waals surface area contributed by atoms with E-state index in [0.717, 1.165) is 48.7 Å². The Hall–Kier alpha value is -1.84. The average molecular weight is 391 g/mol. The van der Waals surface area contributed by atoms with Gasteiger partial charge >= 0.3 is 0 Å². The van der Waals surface area contributed by atoms with E-state index in [1.165, 1.54) is 10.6 Å². The molecule has 0 aromatic carbocycles. The standard InChI is InChI=1S/C18H25N5O3S/c1-27(25,26)23-9-6-13(7-10-23)21-18-20-11-12-5-8-19-17(16(12)22-18)14-3-2-4-15(14)24/h5,8,11,13-15,24H,2-4,6-7,9-10H2,1H3,(H,20,21,22)/t14-,15-/m0/s1. The molecule has 2 aliphatic rings. The molecule has 27 heavy (non-hydrogen) atoms. The van der Waals surface area contributed by atoms with Gasteiger partial charge in [0.25, 0.3) is 0 Å². The van der Waals surface area contributed by atoms with Crippen LogP contribution in [-0.4, -0.2) is 64.3 Å². The van der Waals surface area contributed by atoms with Crippen molar-refractivity contribution in [3.05, 3.63) is 24.2 Å². The van der Waals surface area contributed by atoms with Crippen molar-refractivity contribution in [1.29, 1.82) is 0 Å². The van der Waals surface area contributed by atoms with Gasteiger partial charge in [0.15, 0.2) is 0 Å². The Morgan fingerprint density at radius 1 is 1.19 bits per heavy atom. The number of aliphatic hydroxyl groups excluding tert-OH is 1. The van der Waals surface area contributed by atoms with Crippen molar-refractivity contribution in [2.24, 2.45) is 0 Å². The Morgan fingerprint density at radius 2 is 1.96 bits per heavy atom. The van der Waals surface area contributed by atoms with Crippen molar-refractivity contribution < 1.29 is 13.5 Å². The zero-order chi connectivity index (χ0) is 19.0. The maximum atomic E-state index is 11.6. The predicted molar refractivity (Wildman–Crippen MR) is 103 cm³/mol. The molecule has 9 heteroatoms. The summed E-state index contributed by atoms with van der Waals surface area (Å²) in [5.41, 5.74) is 1.63. The van der Waals surface area contributed by atoms with Gasteiger partial charge in [0, 0.05) is 42.8 Å². The second-order valence-electron chi connectivity index (χ2n) is 7.51. The van der Waals surface area contributed by atoms with Crippen molar-refractivity contribution in [3.63, 3.8) is 0 Å². The third-order valence-electron chi connectivity index (χ3n) is 5.61. The number of nitrogens with one attached hydrogen (secondary N) is 1. The third kappa shape index (κ3) is 3.90. The number of aliphatic hydroxyl groups is 1. The molecule has 0 amide bonds. The van der Waals surface area contributed by atoms with Gasteiger partial charge in [-0.25, -0.2) is 22.7 Å². The Kier molecular flexibility index (Phi) is 5.00. The van der Waals surface area contributed by atoms with E-state index in [4.69, 9.17) is 0 Å². The molecule has 2 fully saturated rings. The fourth-order valence-electron chi connectivity index (χ4n) is 4.09. The number of pyridine rings is 1. The number of hydrogen-bond donors (Lipinski definition) is 2. The second-order valence-corrected chi connectivity index (χ2v) is 9.50. The molecule has 146 valence electrons. The molecular weight excluding hydrogens is 366 g/mol. The lowest BCUT2D eigenvalue weighted by molar-refractivity contribution is 0.163. The highest BCUT2D eigenvalue weighted by atomic mass is 32.2. The van der Waals surface area contributed by atoms with E-state index in [0.29, 0.717) is 19.0 Å². The predicted octanol–water partition coefficient (Wildman–Crippen LogP) is 1.49. The maximum Gasteiger partial charge on any atom is 0.223 e. The first-order valence-corrected chi connectivity index (χ1v) is 11.3. The highest BCUT2D eigenvalue weighted by Gasteiger charge is 2.30. The van der Waals surface area contributed by atoms with Gasteiger partial charge in [0.05, 0.1) is 23.6 Å². The van der Waals surface area contributed by atoms with Gasteiger partial charge in [0.1, 0.15) is 0 Å². The molecule has 1 aliphatic carbocycles. The van der Waals surface area contributed by atoms with E-state index in [9.17, 15) is 13.5 Å². The summed E-state index contributed by atoms with van der Waals surface area (Å²) in [5.74, 6) is 0.552. The summed E-state index contributed by atoms with van der Waals surface area (Å²) in [6, 6.07) is 2.02. The van der Waals surface area contributed by atoms with E-state index in [2.05, 4.69) is 20.3 Å². The van der Waals surface area contributed by atoms with Crippen molar-refractivity contribution in [2.45, 2.75) is 50.2 Å². The van der Waals surface area contributed by atoms with E-state index >= 15 is 0 Å². The van der Waals surface area contributed by atoms with Crippen molar-refractivity contribution in [1.82, 2.24) is 19.3 Å². The van der Waals surface area contributed by atoms with Crippen LogP contribution < -0.4 is 5.32 Å². The highest BCUT2D eigenvalue weighted by Crippen LogP contribution is 2.36. The summed E-state index contributed by atoms with van der Waals surface area (Å²) >= 11 is 0. The van der Waals surface area contributed by atoms with Crippen LogP contribution in [-0.2, 0) is 10.0 Å². The number of aromatic nitrogens is 3. The number of nitrogens with zero attached hydrogens (tertiary/aromatic N) is 4. The van der Waals surface area contributed by atoms with Crippen LogP contribution in [0.4, 0.5) is 5.95 Å². The molecule has 0 bridgehead atoms. The molecule has 1 saturated heterocycles. The van der Waals surface area contributed by atoms with Crippen LogP contribution in [0.3, 0.4) is 0 Å². The molecular formula is C18H25N5O3S. The Bertz CT molecular complexity index is 928. The van der Waals surface area contributed by atoms with Gasteiger partial charge in [0.2, 0.25) is 16.0 Å². The minimum atomic E-state index is -3.13. The molecule has 0 radical (unpaired) electrons. The largest absolute Gasteiger partial charge is 0.392 e. The minimum absolute atomic E-state index is 0.0226. The average Bonchev–Trinajstić information content (AvgIpc) is 3.07. The van der Waals surface area contributed by atoms with Crippen LogP contribution in [0, 0.1) is 0 Å². The van der Waals surface area contributed by atoms with Gasteiger partial charge in [-0.05, 0) is 31.7 Å². The molecule has 2 aromatic rings. The lowest BCUT2D eigenvalue weighted by Crippen LogP contribution is -2.42. The van der Waals surface area contributed by atoms with Gasteiger partial charge in [-0.1, -0.05) is 6.42 Å². The molecule has 0 unspecified atom stereocenters. The number of fused-ring (bicyclic) bond motifs is 1. The number of anilines is 1. The smallest absolute Gasteiger partial charge is 0.223 e. The molecule has 2 atom stereocenters. The molecule has 4 rings (SSSR count). The molecule has 1 saturated carbocycles. The van der Waals surface area contributed by atoms with Gasteiger partial charge in [-0.15, -0.1) is 0 Å². The Labute approximate surface area is 159 Å². The zero-order valence-corrected chi connectivity index (χ0v) is 16.2. The quantitative estimate of drug-likeness (QED) is 0.813. The van der Waals surface area contributed by atoms with E-state index in [1.807, 2.05) is 6.07 Å². The molecule has 1 aliphatic heterocycles. The van der Waals surface area contributed by atoms with Crippen molar-refractivity contribution in [3.8, 4) is 0 Å². The van der Waals surface area contributed by atoms with Crippen LogP contribution in [0.1, 0.15) is 43.7 Å². The number of sulfonamides is 1. The molecule has 2 N–H and O–H groups in total. The topological polar surface area (TPSA) is 108 Å². The number of piperidine rings is 1. The summed E-state index contributed by atoms with van der Waals surface area (Å²) in [7, 11) is -3.13. The van der Waals surface area contributed by atoms with Crippen molar-refractivity contribution in [2.75, 3.05) is 24.7 Å². The summed E-state index contributed by atoms with van der Waals surface area (Å²) in [5, 5.41) is 14.5. The van der Waals surface area contributed by atoms with Gasteiger partial charge in [-0.3, -0.25) is 4.98 Å². The minimum Gasteiger partial charge on any atom is -0.392 e. The van der Waals surface area contributed by atoms with Crippen LogP contribution in [0.5, 0.6) is 0 Å². The molecule has 3 heterocycles. The van der Waals surface area contributed by atoms with Crippen LogP contribution >= 0.6 is 0 Å². The van der Waals surface area contributed by atoms with Crippen LogP contribution in [0.25, 0.3) is 10.9 Å². The normalized spacial score (nSPS) is 25.1. The fraction of sp³-hybridized carbons (Fsp3) is 0.611. The number of rotatable bonds is 4. The summed E-state index contributed by atoms with van der Waals surface area (Å²) in [6.07, 6.45) is 8.57. The number of hydrogen-bond acceptors (Lipinski definition) is 7. The first-order chi connectivity index (χ1) is 12.9. The molecule has 8 nitrogen and oxygen atoms in total. The van der Waals surface area contributed by atoms with Crippen LogP contribution in [0.15, 0.2) is 18.5 Å². The lowest BCUT2D eigenvalue weighted by atomic mass is 9.99. The first-order valence-electron chi connectivity index (χ1n) is 9.43. The fourth-order valence-corrected chi connectivity index (χ4v) is 4.97.